The summed E-state index contributed by atoms with van der Waals surface area (Å²) in [4.78, 5) is 28.4. The smallest absolute Gasteiger partial charge is 0.330 e. The molecule has 114 valence electrons. The van der Waals surface area contributed by atoms with Gasteiger partial charge in [0.05, 0.1) is 18.8 Å². The molecule has 9 nitrogen and oxygen atoms in total. The Bertz CT molecular complexity index is 660. The highest BCUT2D eigenvalue weighted by atomic mass is 16.5. The highest BCUT2D eigenvalue weighted by Gasteiger charge is 2.36. The molecule has 1 aromatic rings. The van der Waals surface area contributed by atoms with Crippen molar-refractivity contribution in [2.24, 2.45) is 5.11 Å². The molecule has 1 aliphatic heterocycles. The van der Waals surface area contributed by atoms with E-state index in [1.54, 1.807) is 0 Å². The third-order valence-electron chi connectivity index (χ3n) is 3.43. The summed E-state index contributed by atoms with van der Waals surface area (Å²) in [6.45, 7) is 1.63. The minimum Gasteiger partial charge on any atom is -0.394 e. The Kier molecular flexibility index (Phi) is 4.79. The molecule has 0 unspecified atom stereocenters. The van der Waals surface area contributed by atoms with E-state index in [1.165, 1.54) is 10.6 Å². The van der Waals surface area contributed by atoms with Crippen LogP contribution in [-0.4, -0.2) is 33.4 Å². The van der Waals surface area contributed by atoms with Gasteiger partial charge in [-0.05, 0) is 12.0 Å². The fourth-order valence-corrected chi connectivity index (χ4v) is 2.54. The van der Waals surface area contributed by atoms with E-state index in [0.717, 1.165) is 6.42 Å². The van der Waals surface area contributed by atoms with E-state index < -0.39 is 29.6 Å². The maximum Gasteiger partial charge on any atom is 0.330 e. The summed E-state index contributed by atoms with van der Waals surface area (Å²) in [5.74, 6) is 0. The van der Waals surface area contributed by atoms with Gasteiger partial charge in [0, 0.05) is 23.1 Å². The lowest BCUT2D eigenvalue weighted by Gasteiger charge is -2.18. The molecule has 1 fully saturated rings. The van der Waals surface area contributed by atoms with Gasteiger partial charge in [-0.1, -0.05) is 18.5 Å². The number of aromatic nitrogens is 2. The highest BCUT2D eigenvalue weighted by molar-refractivity contribution is 5.04. The van der Waals surface area contributed by atoms with Crippen LogP contribution in [0.4, 0.5) is 0 Å². The monoisotopic (exact) mass is 295 g/mol. The van der Waals surface area contributed by atoms with Crippen LogP contribution in [0.25, 0.3) is 10.4 Å². The van der Waals surface area contributed by atoms with E-state index in [0.29, 0.717) is 12.1 Å². The van der Waals surface area contributed by atoms with Crippen LogP contribution in [0.3, 0.4) is 0 Å². The highest BCUT2D eigenvalue weighted by Crippen LogP contribution is 2.30. The number of hydrogen-bond donors (Lipinski definition) is 2. The fraction of sp³-hybridized carbons (Fsp3) is 0.667. The van der Waals surface area contributed by atoms with Crippen molar-refractivity contribution in [1.82, 2.24) is 9.55 Å². The van der Waals surface area contributed by atoms with Crippen molar-refractivity contribution < 1.29 is 9.84 Å². The summed E-state index contributed by atoms with van der Waals surface area (Å²) >= 11 is 0. The number of nitrogens with one attached hydrogen (secondary N) is 1. The number of aliphatic hydroxyl groups excluding tert-OH is 1. The van der Waals surface area contributed by atoms with Gasteiger partial charge in [0.25, 0.3) is 5.56 Å². The zero-order valence-electron chi connectivity index (χ0n) is 11.6. The summed E-state index contributed by atoms with van der Waals surface area (Å²) in [6.07, 6.45) is 0.272. The first-order chi connectivity index (χ1) is 10.1. The molecule has 0 radical (unpaired) electrons. The molecule has 21 heavy (non-hydrogen) atoms. The normalized spacial score (nSPS) is 24.8. The molecule has 0 spiro atoms. The zero-order chi connectivity index (χ0) is 15.4. The lowest BCUT2D eigenvalue weighted by molar-refractivity contribution is -0.0283. The summed E-state index contributed by atoms with van der Waals surface area (Å²) in [5.41, 5.74) is 8.08. The van der Waals surface area contributed by atoms with E-state index in [2.05, 4.69) is 15.0 Å². The Morgan fingerprint density at radius 1 is 1.62 bits per heavy atom. The van der Waals surface area contributed by atoms with Crippen molar-refractivity contribution in [2.45, 2.75) is 44.6 Å². The fourth-order valence-electron chi connectivity index (χ4n) is 2.54. The second-order valence-electron chi connectivity index (χ2n) is 4.87. The third kappa shape index (κ3) is 3.15. The second kappa shape index (κ2) is 6.57. The Labute approximate surface area is 119 Å². The van der Waals surface area contributed by atoms with Crippen molar-refractivity contribution in [1.29, 1.82) is 0 Å². The molecule has 0 amide bonds. The molecule has 2 rings (SSSR count). The van der Waals surface area contributed by atoms with Crippen LogP contribution in [0.1, 0.15) is 31.7 Å². The van der Waals surface area contributed by atoms with Gasteiger partial charge in [-0.2, -0.15) is 0 Å². The second-order valence-corrected chi connectivity index (χ2v) is 4.87. The molecule has 0 bridgehead atoms. The van der Waals surface area contributed by atoms with Gasteiger partial charge in [-0.15, -0.1) is 0 Å². The average molecular weight is 295 g/mol. The summed E-state index contributed by atoms with van der Waals surface area (Å²) < 4.78 is 6.96. The van der Waals surface area contributed by atoms with E-state index in [-0.39, 0.29) is 13.0 Å². The van der Waals surface area contributed by atoms with Gasteiger partial charge in [0.2, 0.25) is 0 Å². The van der Waals surface area contributed by atoms with Crippen molar-refractivity contribution in [2.75, 3.05) is 6.61 Å². The first-order valence-corrected chi connectivity index (χ1v) is 6.76. The Morgan fingerprint density at radius 2 is 2.38 bits per heavy atom. The molecule has 9 heteroatoms. The van der Waals surface area contributed by atoms with Crippen LogP contribution in [-0.2, 0) is 11.2 Å². The summed E-state index contributed by atoms with van der Waals surface area (Å²) in [6, 6.07) is 0.821. The molecule has 0 aromatic carbocycles. The average Bonchev–Trinajstić information content (AvgIpc) is 2.81. The largest absolute Gasteiger partial charge is 0.394 e. The molecule has 1 saturated heterocycles. The predicted molar refractivity (Wildman–Crippen MR) is 73.9 cm³/mol. The van der Waals surface area contributed by atoms with Crippen LogP contribution in [0.5, 0.6) is 0 Å². The molecular weight excluding hydrogens is 278 g/mol. The minimum atomic E-state index is -0.663. The van der Waals surface area contributed by atoms with Crippen LogP contribution >= 0.6 is 0 Å². The van der Waals surface area contributed by atoms with Crippen molar-refractivity contribution in [3.8, 4) is 0 Å². The summed E-state index contributed by atoms with van der Waals surface area (Å²) in [5, 5.41) is 12.8. The van der Waals surface area contributed by atoms with Gasteiger partial charge in [0.1, 0.15) is 6.23 Å². The van der Waals surface area contributed by atoms with Crippen molar-refractivity contribution in [3.63, 3.8) is 0 Å². The van der Waals surface area contributed by atoms with Gasteiger partial charge in [-0.25, -0.2) is 4.79 Å². The molecule has 0 saturated carbocycles. The van der Waals surface area contributed by atoms with Crippen LogP contribution in [0.2, 0.25) is 0 Å². The van der Waals surface area contributed by atoms with Crippen LogP contribution in [0, 0.1) is 0 Å². The molecular formula is C12H17N5O4. The molecule has 2 heterocycles. The number of nitrogens with zero attached hydrogens (tertiary/aromatic N) is 4. The van der Waals surface area contributed by atoms with Crippen molar-refractivity contribution >= 4 is 0 Å². The Balaban J connectivity index is 2.40. The number of aliphatic hydroxyl groups is 1. The summed E-state index contributed by atoms with van der Waals surface area (Å²) in [7, 11) is 0. The lowest BCUT2D eigenvalue weighted by Crippen LogP contribution is -2.35. The Morgan fingerprint density at radius 3 is 3.00 bits per heavy atom. The number of aryl methyl sites for hydroxylation is 1. The maximum absolute atomic E-state index is 12.0. The van der Waals surface area contributed by atoms with E-state index in [9.17, 15) is 14.7 Å². The van der Waals surface area contributed by atoms with Crippen molar-refractivity contribution in [3.05, 3.63) is 43.0 Å². The quantitative estimate of drug-likeness (QED) is 0.463. The van der Waals surface area contributed by atoms with E-state index in [4.69, 9.17) is 10.3 Å². The van der Waals surface area contributed by atoms with E-state index >= 15 is 0 Å². The Hall–Kier alpha value is -2.09. The number of ether oxygens (including phenoxy) is 1. The lowest BCUT2D eigenvalue weighted by atomic mass is 10.1. The maximum atomic E-state index is 12.0. The molecule has 1 aliphatic rings. The van der Waals surface area contributed by atoms with Crippen LogP contribution < -0.4 is 11.2 Å². The van der Waals surface area contributed by atoms with Crippen LogP contribution in [0.15, 0.2) is 20.8 Å². The van der Waals surface area contributed by atoms with Gasteiger partial charge < -0.3 is 9.84 Å². The molecule has 3 atom stereocenters. The standard InChI is InChI=1S/C12H17N5O4/c1-2-3-7-4-10(19)14-12(20)17(7)11-5-8(15-16-13)9(6-18)21-11/h4,8-9,11,18H,2-3,5-6H2,1H3,(H,14,19,20)/t8-,9+,11-/m0/s1. The first kappa shape index (κ1) is 15.3. The van der Waals surface area contributed by atoms with Gasteiger partial charge in [-0.3, -0.25) is 14.3 Å². The third-order valence-corrected chi connectivity index (χ3v) is 3.43. The van der Waals surface area contributed by atoms with Gasteiger partial charge >= 0.3 is 5.69 Å². The number of aromatic amines is 1. The van der Waals surface area contributed by atoms with Gasteiger partial charge in [0.15, 0.2) is 0 Å². The number of rotatable bonds is 5. The SMILES string of the molecule is CCCc1cc(=O)[nH]c(=O)n1[C@@H]1C[C@H](N=[N+]=[N-])[C@@H](CO)O1. The molecule has 0 aliphatic carbocycles. The van der Waals surface area contributed by atoms with E-state index in [1.807, 2.05) is 6.92 Å². The topological polar surface area (TPSA) is 133 Å². The number of H-pyrrole nitrogens is 1. The predicted octanol–water partition coefficient (Wildman–Crippen LogP) is 0.448. The minimum absolute atomic E-state index is 0.276. The number of hydrogen-bond acceptors (Lipinski definition) is 5. The number of azide groups is 1. The molecule has 1 aromatic heterocycles. The molecule has 2 N–H and O–H groups in total. The zero-order valence-corrected chi connectivity index (χ0v) is 11.6. The first-order valence-electron chi connectivity index (χ1n) is 6.76.